The number of primary amides is 1. The molecule has 0 radical (unpaired) electrons. The monoisotopic (exact) mass is 358 g/mol. The summed E-state index contributed by atoms with van der Waals surface area (Å²) in [5.41, 5.74) is 14.3. The molecule has 1 amide bonds. The van der Waals surface area contributed by atoms with E-state index in [0.717, 1.165) is 11.1 Å². The van der Waals surface area contributed by atoms with Crippen LogP contribution in [0.4, 0.5) is 11.4 Å². The Balaban J connectivity index is 2.23. The summed E-state index contributed by atoms with van der Waals surface area (Å²) in [7, 11) is 0. The van der Waals surface area contributed by atoms with E-state index in [1.807, 2.05) is 32.0 Å². The molecule has 0 saturated carbocycles. The van der Waals surface area contributed by atoms with Crippen molar-refractivity contribution in [1.29, 1.82) is 0 Å². The van der Waals surface area contributed by atoms with Crippen LogP contribution in [-0.4, -0.2) is 17.5 Å². The predicted molar refractivity (Wildman–Crippen MR) is 100 cm³/mol. The van der Waals surface area contributed by atoms with Crippen molar-refractivity contribution < 1.29 is 9.59 Å². The summed E-state index contributed by atoms with van der Waals surface area (Å²) in [5.74, 6) is -0.733. The van der Waals surface area contributed by atoms with E-state index in [0.29, 0.717) is 11.4 Å². The fourth-order valence-electron chi connectivity index (χ4n) is 2.17. The van der Waals surface area contributed by atoms with Crippen LogP contribution < -0.4 is 16.6 Å². The van der Waals surface area contributed by atoms with Crippen LogP contribution in [0.15, 0.2) is 41.4 Å². The lowest BCUT2D eigenvalue weighted by atomic mass is 10.1. The first-order valence-corrected chi connectivity index (χ1v) is 7.94. The predicted octanol–water partition coefficient (Wildman–Crippen LogP) is 3.29. The van der Waals surface area contributed by atoms with Gasteiger partial charge in [-0.05, 0) is 43.7 Å². The number of ketones is 1. The Morgan fingerprint density at radius 2 is 1.84 bits per heavy atom. The molecule has 4 N–H and O–H groups in total. The maximum atomic E-state index is 11.8. The van der Waals surface area contributed by atoms with Gasteiger partial charge in [0.2, 0.25) is 5.91 Å². The summed E-state index contributed by atoms with van der Waals surface area (Å²) < 4.78 is 0. The largest absolute Gasteiger partial charge is 0.366 e. The third-order valence-electron chi connectivity index (χ3n) is 3.48. The quantitative estimate of drug-likeness (QED) is 0.434. The van der Waals surface area contributed by atoms with Crippen LogP contribution in [0.3, 0.4) is 0 Å². The molecule has 0 aliphatic rings. The second-order valence-electron chi connectivity index (χ2n) is 5.62. The maximum absolute atomic E-state index is 11.8. The Morgan fingerprint density at radius 1 is 1.12 bits per heavy atom. The number of hydrazine groups is 1. The number of rotatable bonds is 5. The fraction of sp³-hybridized carbons (Fsp3) is 0.167. The van der Waals surface area contributed by atoms with E-state index >= 15 is 0 Å². The van der Waals surface area contributed by atoms with Gasteiger partial charge in [-0.1, -0.05) is 29.3 Å². The van der Waals surface area contributed by atoms with E-state index in [9.17, 15) is 9.59 Å². The lowest BCUT2D eigenvalue weighted by Crippen LogP contribution is -2.34. The molecule has 0 unspecified atom stereocenters. The number of halogens is 1. The van der Waals surface area contributed by atoms with Crippen molar-refractivity contribution in [3.63, 3.8) is 0 Å². The van der Waals surface area contributed by atoms with E-state index in [4.69, 9.17) is 17.3 Å². The highest BCUT2D eigenvalue weighted by atomic mass is 35.5. The zero-order chi connectivity index (χ0) is 18.6. The first-order valence-electron chi connectivity index (χ1n) is 7.56. The molecule has 0 saturated heterocycles. The summed E-state index contributed by atoms with van der Waals surface area (Å²) in [6.07, 6.45) is 0. The topological polar surface area (TPSA) is 96.6 Å². The van der Waals surface area contributed by atoms with Crippen LogP contribution in [0.1, 0.15) is 28.4 Å². The molecular weight excluding hydrogens is 340 g/mol. The molecule has 2 aromatic rings. The van der Waals surface area contributed by atoms with Gasteiger partial charge in [-0.3, -0.25) is 20.4 Å². The number of anilines is 1. The highest BCUT2D eigenvalue weighted by molar-refractivity contribution is 6.38. The number of hydrogen-bond acceptors (Lipinski definition) is 4. The zero-order valence-corrected chi connectivity index (χ0v) is 14.9. The van der Waals surface area contributed by atoms with Crippen LogP contribution in [0.5, 0.6) is 0 Å². The third-order valence-corrected chi connectivity index (χ3v) is 3.80. The van der Waals surface area contributed by atoms with Gasteiger partial charge in [0, 0.05) is 6.92 Å². The van der Waals surface area contributed by atoms with Crippen LogP contribution >= 0.6 is 11.6 Å². The number of carbonyl (C=O) groups excluding carboxylic acids is 2. The molecule has 0 aromatic heterocycles. The molecule has 2 aromatic carbocycles. The normalized spacial score (nSPS) is 11.1. The second kappa shape index (κ2) is 7.81. The van der Waals surface area contributed by atoms with E-state index < -0.39 is 5.91 Å². The Morgan fingerprint density at radius 3 is 2.44 bits per heavy atom. The number of nitrogens with one attached hydrogen (secondary N) is 2. The van der Waals surface area contributed by atoms with Crippen LogP contribution in [0.2, 0.25) is 5.02 Å². The van der Waals surface area contributed by atoms with Gasteiger partial charge < -0.3 is 5.73 Å². The van der Waals surface area contributed by atoms with E-state index in [1.54, 1.807) is 12.1 Å². The third kappa shape index (κ3) is 4.81. The minimum Gasteiger partial charge on any atom is -0.366 e. The van der Waals surface area contributed by atoms with Crippen molar-refractivity contribution in [2.24, 2.45) is 10.7 Å². The molecule has 0 atom stereocenters. The van der Waals surface area contributed by atoms with Gasteiger partial charge in [0.25, 0.3) is 0 Å². The Labute approximate surface area is 151 Å². The van der Waals surface area contributed by atoms with Gasteiger partial charge >= 0.3 is 0 Å². The van der Waals surface area contributed by atoms with Gasteiger partial charge in [0.1, 0.15) is 0 Å². The number of aliphatic imine (C=N–C) groups is 1. The van der Waals surface area contributed by atoms with Crippen molar-refractivity contribution in [2.45, 2.75) is 20.8 Å². The van der Waals surface area contributed by atoms with Crippen LogP contribution in [-0.2, 0) is 4.79 Å². The second-order valence-corrected chi connectivity index (χ2v) is 6.02. The molecule has 7 heteroatoms. The molecule has 0 fully saturated rings. The average Bonchev–Trinajstić information content (AvgIpc) is 2.54. The fourth-order valence-corrected chi connectivity index (χ4v) is 2.38. The summed E-state index contributed by atoms with van der Waals surface area (Å²) in [6, 6.07) is 10.4. The molecule has 2 rings (SSSR count). The van der Waals surface area contributed by atoms with Gasteiger partial charge in [0.15, 0.2) is 11.6 Å². The van der Waals surface area contributed by atoms with Gasteiger partial charge in [0.05, 0.1) is 22.0 Å². The van der Waals surface area contributed by atoms with E-state index in [1.165, 1.54) is 13.0 Å². The molecule has 0 aliphatic carbocycles. The van der Waals surface area contributed by atoms with Crippen LogP contribution in [0, 0.1) is 13.8 Å². The molecular formula is C18H19ClN4O2. The zero-order valence-electron chi connectivity index (χ0n) is 14.2. The lowest BCUT2D eigenvalue weighted by Gasteiger charge is -2.12. The van der Waals surface area contributed by atoms with Crippen molar-refractivity contribution in [3.8, 4) is 0 Å². The summed E-state index contributed by atoms with van der Waals surface area (Å²) in [5, 5.41) is 0.258. The number of carbonyl (C=O) groups is 2. The maximum Gasteiger partial charge on any atom is 0.250 e. The first-order chi connectivity index (χ1) is 11.8. The number of amides is 1. The van der Waals surface area contributed by atoms with Crippen LogP contribution in [0.25, 0.3) is 0 Å². The summed E-state index contributed by atoms with van der Waals surface area (Å²) in [6.45, 7) is 5.33. The molecule has 130 valence electrons. The molecule has 0 bridgehead atoms. The highest BCUT2D eigenvalue weighted by Crippen LogP contribution is 2.21. The number of aryl methyl sites for hydroxylation is 2. The van der Waals surface area contributed by atoms with E-state index in [2.05, 4.69) is 15.8 Å². The molecule has 0 spiro atoms. The van der Waals surface area contributed by atoms with Gasteiger partial charge in [-0.2, -0.15) is 0 Å². The molecule has 0 aliphatic heterocycles. The SMILES string of the molecule is CC(=O)C(=Nc1ccc(C)cc1C)NNc1ccc(Cl)c(C(N)=O)c1. The van der Waals surface area contributed by atoms with E-state index in [-0.39, 0.29) is 22.2 Å². The van der Waals surface area contributed by atoms with Gasteiger partial charge in [-0.25, -0.2) is 4.99 Å². The average molecular weight is 359 g/mol. The number of hydrogen-bond donors (Lipinski definition) is 3. The van der Waals surface area contributed by atoms with Crippen molar-refractivity contribution in [2.75, 3.05) is 5.43 Å². The standard InChI is InChI=1S/C18H19ClN4O2/c1-10-4-7-16(11(2)8-10)21-18(12(3)24)23-22-13-5-6-15(19)14(9-13)17(20)25/h4-9,22H,1-3H3,(H2,20,25)(H,21,23). The van der Waals surface area contributed by atoms with Crippen molar-refractivity contribution in [3.05, 3.63) is 58.1 Å². The smallest absolute Gasteiger partial charge is 0.250 e. The van der Waals surface area contributed by atoms with Crippen molar-refractivity contribution in [1.82, 2.24) is 5.43 Å². The first kappa shape index (κ1) is 18.5. The summed E-state index contributed by atoms with van der Waals surface area (Å²) in [4.78, 5) is 27.6. The number of nitrogens with zero attached hydrogens (tertiary/aromatic N) is 1. The number of benzene rings is 2. The molecule has 25 heavy (non-hydrogen) atoms. The Hall–Kier alpha value is -2.86. The minimum atomic E-state index is -0.635. The minimum absolute atomic E-state index is 0.141. The Kier molecular flexibility index (Phi) is 5.77. The van der Waals surface area contributed by atoms with Crippen molar-refractivity contribution >= 4 is 40.5 Å². The molecule has 6 nitrogen and oxygen atoms in total. The summed E-state index contributed by atoms with van der Waals surface area (Å²) >= 11 is 5.91. The lowest BCUT2D eigenvalue weighted by molar-refractivity contribution is -0.111. The Bertz CT molecular complexity index is 862. The van der Waals surface area contributed by atoms with Gasteiger partial charge in [-0.15, -0.1) is 0 Å². The molecule has 0 heterocycles. The number of Topliss-reactive ketones (excluding diaryl/α,β-unsaturated/α-hetero) is 1. The number of nitrogens with two attached hydrogens (primary N) is 1. The highest BCUT2D eigenvalue weighted by Gasteiger charge is 2.10. The number of amidine groups is 1.